The highest BCUT2D eigenvalue weighted by Gasteiger charge is 2.15. The Morgan fingerprint density at radius 3 is 2.47 bits per heavy atom. The van der Waals surface area contributed by atoms with Gasteiger partial charge in [0.15, 0.2) is 0 Å². The third-order valence-corrected chi connectivity index (χ3v) is 3.47. The Morgan fingerprint density at radius 1 is 1.32 bits per heavy atom. The number of carbonyl (C=O) groups excluding carboxylic acids is 1. The first kappa shape index (κ1) is 15.1. The average molecular weight is 287 g/mol. The van der Waals surface area contributed by atoms with Crippen molar-refractivity contribution in [1.29, 1.82) is 0 Å². The van der Waals surface area contributed by atoms with Crippen molar-refractivity contribution in [2.75, 3.05) is 24.1 Å². The molecule has 0 aliphatic rings. The summed E-state index contributed by atoms with van der Waals surface area (Å²) in [5.41, 5.74) is 11.8. The minimum Gasteiger partial charge on any atom is -0.399 e. The quantitative estimate of drug-likeness (QED) is 0.358. The number of hydrogen-bond donors (Lipinski definition) is 5. The van der Waals surface area contributed by atoms with Gasteiger partial charge >= 0.3 is 6.03 Å². The molecular weight excluding hydrogens is 270 g/mol. The van der Waals surface area contributed by atoms with Crippen molar-refractivity contribution in [3.8, 4) is 0 Å². The van der Waals surface area contributed by atoms with Crippen molar-refractivity contribution < 1.29 is 13.2 Å². The lowest BCUT2D eigenvalue weighted by molar-refractivity contribution is 0.249. The molecule has 1 aromatic rings. The molecule has 0 heterocycles. The number of hydrogen-bond acceptors (Lipinski definition) is 5. The fraction of sp³-hybridized carbons (Fsp3) is 0.300. The number of amides is 2. The second-order valence-corrected chi connectivity index (χ2v) is 5.48. The van der Waals surface area contributed by atoms with Crippen molar-refractivity contribution in [3.05, 3.63) is 17.7 Å². The summed E-state index contributed by atoms with van der Waals surface area (Å²) in [6.45, 7) is 2.29. The molecule has 19 heavy (non-hydrogen) atoms. The Kier molecular flexibility index (Phi) is 4.57. The molecule has 1 aromatic carbocycles. The molecule has 0 aliphatic carbocycles. The van der Waals surface area contributed by atoms with Crippen LogP contribution in [0.2, 0.25) is 0 Å². The molecule has 1 rings (SSSR count). The van der Waals surface area contributed by atoms with Crippen molar-refractivity contribution >= 4 is 27.4 Å². The molecule has 0 saturated heterocycles. The number of benzene rings is 1. The summed E-state index contributed by atoms with van der Waals surface area (Å²) in [6.07, 6.45) is 0. The van der Waals surface area contributed by atoms with Gasteiger partial charge in [0, 0.05) is 24.5 Å². The van der Waals surface area contributed by atoms with Gasteiger partial charge in [0.2, 0.25) is 10.0 Å². The maximum absolute atomic E-state index is 11.4. The van der Waals surface area contributed by atoms with E-state index < -0.39 is 16.1 Å². The topological polar surface area (TPSA) is 153 Å². The van der Waals surface area contributed by atoms with E-state index >= 15 is 0 Å². The van der Waals surface area contributed by atoms with E-state index in [0.29, 0.717) is 24.3 Å². The van der Waals surface area contributed by atoms with Crippen LogP contribution in [0.4, 0.5) is 16.2 Å². The summed E-state index contributed by atoms with van der Waals surface area (Å²) < 4.78 is 22.8. The van der Waals surface area contributed by atoms with Crippen LogP contribution in [0.15, 0.2) is 17.0 Å². The number of nitrogens with one attached hydrogen (secondary N) is 2. The Labute approximate surface area is 111 Å². The van der Waals surface area contributed by atoms with Crippen LogP contribution in [-0.2, 0) is 10.0 Å². The molecule has 8 nitrogen and oxygen atoms in total. The Bertz CT molecular complexity index is 585. The predicted octanol–water partition coefficient (Wildman–Crippen LogP) is -0.695. The lowest BCUT2D eigenvalue weighted by atomic mass is 10.2. The number of nitrogens with two attached hydrogens (primary N) is 3. The molecule has 2 amide bonds. The van der Waals surface area contributed by atoms with Gasteiger partial charge in [-0.15, -0.1) is 0 Å². The molecule has 0 atom stereocenters. The van der Waals surface area contributed by atoms with Gasteiger partial charge in [-0.05, 0) is 24.6 Å². The largest absolute Gasteiger partial charge is 0.399 e. The average Bonchev–Trinajstić information content (AvgIpc) is 2.26. The predicted molar refractivity (Wildman–Crippen MR) is 73.0 cm³/mol. The number of primary amides is 1. The molecular formula is C10H17N5O3S. The summed E-state index contributed by atoms with van der Waals surface area (Å²) in [4.78, 5) is 10.5. The molecule has 0 radical (unpaired) electrons. The first-order valence-electron chi connectivity index (χ1n) is 5.42. The number of carbonyl (C=O) groups is 1. The Balaban J connectivity index is 2.90. The smallest absolute Gasteiger partial charge is 0.312 e. The Morgan fingerprint density at radius 2 is 1.95 bits per heavy atom. The van der Waals surface area contributed by atoms with Gasteiger partial charge in [0.1, 0.15) is 0 Å². The zero-order chi connectivity index (χ0) is 14.6. The van der Waals surface area contributed by atoms with Gasteiger partial charge in [-0.2, -0.15) is 0 Å². The van der Waals surface area contributed by atoms with E-state index in [1.54, 1.807) is 13.0 Å². The van der Waals surface area contributed by atoms with Gasteiger partial charge in [-0.25, -0.2) is 18.4 Å². The molecule has 0 fully saturated rings. The van der Waals surface area contributed by atoms with E-state index in [1.165, 1.54) is 6.07 Å². The van der Waals surface area contributed by atoms with Crippen LogP contribution < -0.4 is 27.2 Å². The van der Waals surface area contributed by atoms with E-state index in [4.69, 9.17) is 16.6 Å². The van der Waals surface area contributed by atoms with Crippen molar-refractivity contribution in [3.63, 3.8) is 0 Å². The van der Waals surface area contributed by atoms with Crippen molar-refractivity contribution in [1.82, 2.24) is 5.32 Å². The molecule has 0 aliphatic heterocycles. The second kappa shape index (κ2) is 5.76. The Hall–Kier alpha value is -2.00. The molecule has 9 heteroatoms. The van der Waals surface area contributed by atoms with Crippen molar-refractivity contribution in [2.24, 2.45) is 10.9 Å². The van der Waals surface area contributed by atoms with Crippen LogP contribution in [-0.4, -0.2) is 27.5 Å². The van der Waals surface area contributed by atoms with Crippen LogP contribution >= 0.6 is 0 Å². The van der Waals surface area contributed by atoms with E-state index in [1.807, 2.05) is 0 Å². The van der Waals surface area contributed by atoms with E-state index in [2.05, 4.69) is 10.6 Å². The molecule has 0 unspecified atom stereocenters. The summed E-state index contributed by atoms with van der Waals surface area (Å²) >= 11 is 0. The van der Waals surface area contributed by atoms with Crippen LogP contribution in [0.3, 0.4) is 0 Å². The monoisotopic (exact) mass is 287 g/mol. The number of rotatable bonds is 5. The molecule has 0 bridgehead atoms. The van der Waals surface area contributed by atoms with Gasteiger partial charge in [-0.3, -0.25) is 0 Å². The van der Waals surface area contributed by atoms with Gasteiger partial charge in [-0.1, -0.05) is 0 Å². The zero-order valence-corrected chi connectivity index (χ0v) is 11.3. The molecule has 106 valence electrons. The molecule has 0 aromatic heterocycles. The normalized spacial score (nSPS) is 11.1. The SMILES string of the molecule is Cc1c(NCCNC(N)=O)cc(N)cc1S(N)(=O)=O. The number of primary sulfonamides is 1. The number of anilines is 2. The highest BCUT2D eigenvalue weighted by molar-refractivity contribution is 7.89. The van der Waals surface area contributed by atoms with E-state index in [0.717, 1.165) is 0 Å². The lowest BCUT2D eigenvalue weighted by Crippen LogP contribution is -2.33. The maximum atomic E-state index is 11.4. The molecule has 0 saturated carbocycles. The van der Waals surface area contributed by atoms with Crippen LogP contribution in [0.5, 0.6) is 0 Å². The minimum absolute atomic E-state index is 0.0298. The van der Waals surface area contributed by atoms with Gasteiger partial charge in [0.05, 0.1) is 4.90 Å². The second-order valence-electron chi connectivity index (χ2n) is 3.95. The third-order valence-electron chi connectivity index (χ3n) is 2.43. The highest BCUT2D eigenvalue weighted by Crippen LogP contribution is 2.25. The maximum Gasteiger partial charge on any atom is 0.312 e. The summed E-state index contributed by atoms with van der Waals surface area (Å²) in [5.74, 6) is 0. The lowest BCUT2D eigenvalue weighted by Gasteiger charge is -2.13. The van der Waals surface area contributed by atoms with Gasteiger partial charge in [0.25, 0.3) is 0 Å². The van der Waals surface area contributed by atoms with Gasteiger partial charge < -0.3 is 22.1 Å². The molecule has 0 spiro atoms. The molecule has 8 N–H and O–H groups in total. The van der Waals surface area contributed by atoms with Crippen LogP contribution in [0.1, 0.15) is 5.56 Å². The summed E-state index contributed by atoms with van der Waals surface area (Å²) in [6, 6.07) is 2.27. The fourth-order valence-electron chi connectivity index (χ4n) is 1.57. The van der Waals surface area contributed by atoms with E-state index in [-0.39, 0.29) is 10.6 Å². The zero-order valence-electron chi connectivity index (χ0n) is 10.4. The highest BCUT2D eigenvalue weighted by atomic mass is 32.2. The standard InChI is InChI=1S/C10H17N5O3S/c1-6-8(14-2-3-15-10(12)16)4-7(11)5-9(6)19(13,17)18/h4-5,14H,2-3,11H2,1H3,(H3,12,15,16)(H2,13,17,18). The third kappa shape index (κ3) is 4.30. The summed E-state index contributed by atoms with van der Waals surface area (Å²) in [7, 11) is -3.83. The number of urea groups is 1. The fourth-order valence-corrected chi connectivity index (χ4v) is 2.41. The number of sulfonamides is 1. The van der Waals surface area contributed by atoms with Crippen LogP contribution in [0, 0.1) is 6.92 Å². The van der Waals surface area contributed by atoms with E-state index in [9.17, 15) is 13.2 Å². The number of nitrogen functional groups attached to an aromatic ring is 1. The minimum atomic E-state index is -3.83. The summed E-state index contributed by atoms with van der Waals surface area (Å²) in [5, 5.41) is 10.5. The first-order valence-corrected chi connectivity index (χ1v) is 6.96. The van der Waals surface area contributed by atoms with Crippen molar-refractivity contribution in [2.45, 2.75) is 11.8 Å². The van der Waals surface area contributed by atoms with Crippen LogP contribution in [0.25, 0.3) is 0 Å². The first-order chi connectivity index (χ1) is 8.71.